The fraction of sp³-hybridized carbons (Fsp3) is 0.818. The third kappa shape index (κ3) is 4.59. The number of ether oxygens (including phenoxy) is 3. The van der Waals surface area contributed by atoms with E-state index in [1.165, 1.54) is 4.90 Å². The standard InChI is InChI=1S/C11H19NO6/c1-2-16-5-6-18-8-10(13)12-3-4-17-7-9(12)11(14)15/h9H,2-8H2,1H3,(H,14,15). The largest absolute Gasteiger partial charge is 0.480 e. The summed E-state index contributed by atoms with van der Waals surface area (Å²) >= 11 is 0. The van der Waals surface area contributed by atoms with E-state index in [-0.39, 0.29) is 25.7 Å². The van der Waals surface area contributed by atoms with Crippen LogP contribution in [0.25, 0.3) is 0 Å². The summed E-state index contributed by atoms with van der Waals surface area (Å²) in [7, 11) is 0. The van der Waals surface area contributed by atoms with Gasteiger partial charge in [0.2, 0.25) is 5.91 Å². The smallest absolute Gasteiger partial charge is 0.328 e. The summed E-state index contributed by atoms with van der Waals surface area (Å²) in [5, 5.41) is 8.96. The average molecular weight is 261 g/mol. The van der Waals surface area contributed by atoms with Gasteiger partial charge in [0.15, 0.2) is 6.04 Å². The maximum atomic E-state index is 11.8. The van der Waals surface area contributed by atoms with Crippen LogP contribution in [0.15, 0.2) is 0 Å². The van der Waals surface area contributed by atoms with Crippen LogP contribution >= 0.6 is 0 Å². The summed E-state index contributed by atoms with van der Waals surface area (Å²) < 4.78 is 15.2. The number of aliphatic carboxylic acids is 1. The Kier molecular flexibility index (Phi) is 6.63. The van der Waals surface area contributed by atoms with Crippen molar-refractivity contribution in [1.82, 2.24) is 4.90 Å². The number of amides is 1. The van der Waals surface area contributed by atoms with Gasteiger partial charge in [0.1, 0.15) is 6.61 Å². The zero-order valence-electron chi connectivity index (χ0n) is 10.5. The molecule has 0 aromatic heterocycles. The van der Waals surface area contributed by atoms with Crippen LogP contribution < -0.4 is 0 Å². The molecular formula is C11H19NO6. The normalized spacial score (nSPS) is 19.8. The Morgan fingerprint density at radius 3 is 2.78 bits per heavy atom. The van der Waals surface area contributed by atoms with Crippen molar-refractivity contribution >= 4 is 11.9 Å². The number of rotatable bonds is 7. The number of carboxylic acid groups (broad SMARTS) is 1. The molecule has 18 heavy (non-hydrogen) atoms. The molecule has 1 saturated heterocycles. The summed E-state index contributed by atoms with van der Waals surface area (Å²) in [6.07, 6.45) is 0. The molecule has 1 amide bonds. The molecule has 0 aliphatic carbocycles. The Labute approximate surface area is 106 Å². The van der Waals surface area contributed by atoms with E-state index in [0.717, 1.165) is 0 Å². The highest BCUT2D eigenvalue weighted by atomic mass is 16.5. The topological polar surface area (TPSA) is 85.3 Å². The fourth-order valence-corrected chi connectivity index (χ4v) is 1.61. The number of carbonyl (C=O) groups is 2. The van der Waals surface area contributed by atoms with Crippen molar-refractivity contribution in [2.45, 2.75) is 13.0 Å². The van der Waals surface area contributed by atoms with Gasteiger partial charge in [-0.1, -0.05) is 0 Å². The number of carbonyl (C=O) groups excluding carboxylic acids is 1. The number of morpholine rings is 1. The van der Waals surface area contributed by atoms with E-state index < -0.39 is 12.0 Å². The summed E-state index contributed by atoms with van der Waals surface area (Å²) in [5.74, 6) is -1.39. The Balaban J connectivity index is 2.32. The van der Waals surface area contributed by atoms with E-state index >= 15 is 0 Å². The second kappa shape index (κ2) is 8.02. The number of nitrogens with zero attached hydrogens (tertiary/aromatic N) is 1. The van der Waals surface area contributed by atoms with Crippen LogP contribution in [0.1, 0.15) is 6.92 Å². The zero-order chi connectivity index (χ0) is 13.4. The molecule has 0 radical (unpaired) electrons. The van der Waals surface area contributed by atoms with E-state index in [9.17, 15) is 9.59 Å². The third-order valence-corrected chi connectivity index (χ3v) is 2.54. The molecule has 1 aliphatic rings. The highest BCUT2D eigenvalue weighted by Gasteiger charge is 2.32. The van der Waals surface area contributed by atoms with Crippen molar-refractivity contribution in [3.8, 4) is 0 Å². The Morgan fingerprint density at radius 1 is 1.39 bits per heavy atom. The Bertz CT molecular complexity index is 283. The first-order chi connectivity index (χ1) is 8.66. The van der Waals surface area contributed by atoms with Gasteiger partial charge >= 0.3 is 5.97 Å². The predicted molar refractivity (Wildman–Crippen MR) is 61.3 cm³/mol. The molecular weight excluding hydrogens is 242 g/mol. The molecule has 1 unspecified atom stereocenters. The van der Waals surface area contributed by atoms with Gasteiger partial charge in [-0.2, -0.15) is 0 Å². The van der Waals surface area contributed by atoms with E-state index in [1.54, 1.807) is 0 Å². The lowest BCUT2D eigenvalue weighted by Gasteiger charge is -2.32. The molecule has 104 valence electrons. The molecule has 7 heteroatoms. The van der Waals surface area contributed by atoms with Crippen LogP contribution in [0.2, 0.25) is 0 Å². The van der Waals surface area contributed by atoms with Gasteiger partial charge in [-0.15, -0.1) is 0 Å². The summed E-state index contributed by atoms with van der Waals surface area (Å²) in [4.78, 5) is 24.0. The first-order valence-electron chi connectivity index (χ1n) is 5.92. The molecule has 1 aliphatic heterocycles. The van der Waals surface area contributed by atoms with Crippen LogP contribution in [-0.2, 0) is 23.8 Å². The fourth-order valence-electron chi connectivity index (χ4n) is 1.61. The quantitative estimate of drug-likeness (QED) is 0.613. The second-order valence-corrected chi connectivity index (χ2v) is 3.77. The predicted octanol–water partition coefficient (Wildman–Crippen LogP) is -0.648. The molecule has 1 rings (SSSR count). The van der Waals surface area contributed by atoms with Crippen molar-refractivity contribution in [1.29, 1.82) is 0 Å². The van der Waals surface area contributed by atoms with Crippen molar-refractivity contribution in [2.75, 3.05) is 46.2 Å². The molecule has 1 N–H and O–H groups in total. The summed E-state index contributed by atoms with van der Waals surface area (Å²) in [5.41, 5.74) is 0. The maximum Gasteiger partial charge on any atom is 0.328 e. The second-order valence-electron chi connectivity index (χ2n) is 3.77. The SMILES string of the molecule is CCOCCOCC(=O)N1CCOCC1C(=O)O. The Hall–Kier alpha value is -1.18. The van der Waals surface area contributed by atoms with Crippen LogP contribution in [0.3, 0.4) is 0 Å². The Morgan fingerprint density at radius 2 is 2.11 bits per heavy atom. The average Bonchev–Trinajstić information content (AvgIpc) is 2.38. The minimum atomic E-state index is -1.06. The number of hydrogen-bond donors (Lipinski definition) is 1. The van der Waals surface area contributed by atoms with Gasteiger partial charge in [0.25, 0.3) is 0 Å². The lowest BCUT2D eigenvalue weighted by molar-refractivity contribution is -0.160. The van der Waals surface area contributed by atoms with Crippen LogP contribution in [0.5, 0.6) is 0 Å². The third-order valence-electron chi connectivity index (χ3n) is 2.54. The highest BCUT2D eigenvalue weighted by molar-refractivity contribution is 5.84. The van der Waals surface area contributed by atoms with Gasteiger partial charge in [-0.05, 0) is 6.92 Å². The van der Waals surface area contributed by atoms with E-state index in [1.807, 2.05) is 6.92 Å². The molecule has 0 bridgehead atoms. The first-order valence-corrected chi connectivity index (χ1v) is 5.92. The van der Waals surface area contributed by atoms with Crippen molar-refractivity contribution < 1.29 is 28.9 Å². The zero-order valence-corrected chi connectivity index (χ0v) is 10.5. The van der Waals surface area contributed by atoms with Crippen LogP contribution in [-0.4, -0.2) is 74.1 Å². The van der Waals surface area contributed by atoms with Crippen molar-refractivity contribution in [3.63, 3.8) is 0 Å². The van der Waals surface area contributed by atoms with Crippen molar-refractivity contribution in [3.05, 3.63) is 0 Å². The lowest BCUT2D eigenvalue weighted by atomic mass is 10.2. The van der Waals surface area contributed by atoms with Crippen LogP contribution in [0.4, 0.5) is 0 Å². The molecule has 1 atom stereocenters. The first kappa shape index (κ1) is 14.9. The van der Waals surface area contributed by atoms with E-state index in [4.69, 9.17) is 19.3 Å². The van der Waals surface area contributed by atoms with Gasteiger partial charge in [-0.25, -0.2) is 4.79 Å². The minimum Gasteiger partial charge on any atom is -0.480 e. The van der Waals surface area contributed by atoms with Crippen molar-refractivity contribution in [2.24, 2.45) is 0 Å². The van der Waals surface area contributed by atoms with Gasteiger partial charge < -0.3 is 24.2 Å². The number of hydrogen-bond acceptors (Lipinski definition) is 5. The minimum absolute atomic E-state index is 0.0278. The van der Waals surface area contributed by atoms with Gasteiger partial charge in [0, 0.05) is 13.2 Å². The molecule has 0 spiro atoms. The highest BCUT2D eigenvalue weighted by Crippen LogP contribution is 2.07. The lowest BCUT2D eigenvalue weighted by Crippen LogP contribution is -2.53. The van der Waals surface area contributed by atoms with Gasteiger partial charge in [-0.3, -0.25) is 4.79 Å². The molecule has 0 saturated carbocycles. The molecule has 7 nitrogen and oxygen atoms in total. The molecule has 1 fully saturated rings. The molecule has 0 aromatic carbocycles. The van der Waals surface area contributed by atoms with E-state index in [0.29, 0.717) is 26.4 Å². The summed E-state index contributed by atoms with van der Waals surface area (Å²) in [6, 6.07) is -0.915. The van der Waals surface area contributed by atoms with Gasteiger partial charge in [0.05, 0.1) is 26.4 Å². The molecule has 0 aromatic rings. The van der Waals surface area contributed by atoms with Crippen LogP contribution in [0, 0.1) is 0 Å². The van der Waals surface area contributed by atoms with E-state index in [2.05, 4.69) is 0 Å². The molecule has 1 heterocycles. The maximum absolute atomic E-state index is 11.8. The summed E-state index contributed by atoms with van der Waals surface area (Å²) in [6.45, 7) is 3.76. The monoisotopic (exact) mass is 261 g/mol. The number of carboxylic acids is 1.